The number of nitrogens with one attached hydrogen (secondary N) is 1. The molecule has 1 aromatic carbocycles. The van der Waals surface area contributed by atoms with Crippen molar-refractivity contribution in [2.45, 2.75) is 20.4 Å². The van der Waals surface area contributed by atoms with E-state index in [1.54, 1.807) is 17.4 Å². The molecule has 1 aromatic heterocycles. The molecule has 0 radical (unpaired) electrons. The molecule has 1 heterocycles. The summed E-state index contributed by atoms with van der Waals surface area (Å²) < 4.78 is 0. The van der Waals surface area contributed by atoms with Crippen molar-refractivity contribution < 1.29 is 4.79 Å². The largest absolute Gasteiger partial charge is 0.325 e. The zero-order chi connectivity index (χ0) is 15.4. The summed E-state index contributed by atoms with van der Waals surface area (Å²) in [6, 6.07) is 7.64. The van der Waals surface area contributed by atoms with Gasteiger partial charge < -0.3 is 5.32 Å². The Hall–Kier alpha value is -1.36. The fourth-order valence-corrected chi connectivity index (χ4v) is 3.15. The summed E-state index contributed by atoms with van der Waals surface area (Å²) in [5.74, 6) is -0.0355. The molecule has 21 heavy (non-hydrogen) atoms. The van der Waals surface area contributed by atoms with Gasteiger partial charge in [0.05, 0.1) is 6.54 Å². The summed E-state index contributed by atoms with van der Waals surface area (Å²) in [5.41, 5.74) is 3.01. The van der Waals surface area contributed by atoms with Crippen molar-refractivity contribution in [2.75, 3.05) is 18.9 Å². The second-order valence-electron chi connectivity index (χ2n) is 5.21. The molecule has 0 bridgehead atoms. The summed E-state index contributed by atoms with van der Waals surface area (Å²) in [4.78, 5) is 15.3. The van der Waals surface area contributed by atoms with Crippen molar-refractivity contribution in [3.05, 3.63) is 50.7 Å². The Balaban J connectivity index is 1.89. The predicted octanol–water partition coefficient (Wildman–Crippen LogP) is 4.09. The van der Waals surface area contributed by atoms with Gasteiger partial charge in [-0.15, -0.1) is 11.3 Å². The monoisotopic (exact) mass is 322 g/mol. The van der Waals surface area contributed by atoms with E-state index in [0.29, 0.717) is 11.6 Å². The SMILES string of the molecule is Cc1ccc(NC(=O)CN(C)Cc2sccc2C)cc1Cl. The van der Waals surface area contributed by atoms with Gasteiger partial charge in [-0.1, -0.05) is 17.7 Å². The first kappa shape index (κ1) is 16.0. The molecule has 3 nitrogen and oxygen atoms in total. The number of nitrogens with zero attached hydrogens (tertiary/aromatic N) is 1. The molecule has 1 N–H and O–H groups in total. The Bertz CT molecular complexity index is 639. The maximum atomic E-state index is 12.0. The van der Waals surface area contributed by atoms with Crippen molar-refractivity contribution >= 4 is 34.5 Å². The van der Waals surface area contributed by atoms with E-state index < -0.39 is 0 Å². The maximum absolute atomic E-state index is 12.0. The van der Waals surface area contributed by atoms with E-state index in [4.69, 9.17) is 11.6 Å². The van der Waals surface area contributed by atoms with E-state index in [1.807, 2.05) is 31.0 Å². The number of halogens is 1. The van der Waals surface area contributed by atoms with Gasteiger partial charge in [-0.25, -0.2) is 0 Å². The molecule has 0 aliphatic rings. The highest BCUT2D eigenvalue weighted by Crippen LogP contribution is 2.20. The Morgan fingerprint density at radius 1 is 1.29 bits per heavy atom. The van der Waals surface area contributed by atoms with Gasteiger partial charge in [-0.3, -0.25) is 9.69 Å². The van der Waals surface area contributed by atoms with E-state index in [2.05, 4.69) is 23.7 Å². The predicted molar refractivity (Wildman–Crippen MR) is 90.2 cm³/mol. The third-order valence-electron chi connectivity index (χ3n) is 3.25. The van der Waals surface area contributed by atoms with Crippen LogP contribution < -0.4 is 5.32 Å². The topological polar surface area (TPSA) is 32.3 Å². The van der Waals surface area contributed by atoms with Crippen LogP contribution in [0.4, 0.5) is 5.69 Å². The second kappa shape index (κ2) is 7.07. The zero-order valence-electron chi connectivity index (χ0n) is 12.4. The minimum absolute atomic E-state index is 0.0355. The summed E-state index contributed by atoms with van der Waals surface area (Å²) in [6.45, 7) is 5.16. The fraction of sp³-hybridized carbons (Fsp3) is 0.312. The number of anilines is 1. The van der Waals surface area contributed by atoms with Crippen LogP contribution in [0.2, 0.25) is 5.02 Å². The molecule has 0 spiro atoms. The Labute approximate surface area is 134 Å². The lowest BCUT2D eigenvalue weighted by Crippen LogP contribution is -2.29. The van der Waals surface area contributed by atoms with Crippen molar-refractivity contribution in [2.24, 2.45) is 0 Å². The molecule has 2 rings (SSSR count). The molecule has 0 aliphatic heterocycles. The van der Waals surface area contributed by atoms with E-state index in [-0.39, 0.29) is 5.91 Å². The summed E-state index contributed by atoms with van der Waals surface area (Å²) in [7, 11) is 1.95. The van der Waals surface area contributed by atoms with Crippen LogP contribution in [0.15, 0.2) is 29.6 Å². The first-order valence-electron chi connectivity index (χ1n) is 6.73. The molecule has 1 amide bonds. The quantitative estimate of drug-likeness (QED) is 0.899. The normalized spacial score (nSPS) is 10.9. The smallest absolute Gasteiger partial charge is 0.238 e. The van der Waals surface area contributed by atoms with Crippen LogP contribution >= 0.6 is 22.9 Å². The highest BCUT2D eigenvalue weighted by Gasteiger charge is 2.10. The van der Waals surface area contributed by atoms with Crippen molar-refractivity contribution in [1.82, 2.24) is 4.90 Å². The summed E-state index contributed by atoms with van der Waals surface area (Å²) in [6.07, 6.45) is 0. The van der Waals surface area contributed by atoms with E-state index in [0.717, 1.165) is 17.8 Å². The molecule has 0 fully saturated rings. The molecule has 112 valence electrons. The van der Waals surface area contributed by atoms with Crippen LogP contribution in [0, 0.1) is 13.8 Å². The van der Waals surface area contributed by atoms with Crippen LogP contribution in [-0.4, -0.2) is 24.4 Å². The Kier molecular flexibility index (Phi) is 5.39. The number of likely N-dealkylation sites (N-methyl/N-ethyl adjacent to an activating group) is 1. The van der Waals surface area contributed by atoms with Gasteiger partial charge in [0.15, 0.2) is 0 Å². The third-order valence-corrected chi connectivity index (χ3v) is 4.67. The molecule has 0 unspecified atom stereocenters. The number of amides is 1. The van der Waals surface area contributed by atoms with Crippen LogP contribution in [0.3, 0.4) is 0 Å². The van der Waals surface area contributed by atoms with Crippen LogP contribution in [0.25, 0.3) is 0 Å². The number of carbonyl (C=O) groups excluding carboxylic acids is 1. The molecular weight excluding hydrogens is 304 g/mol. The summed E-state index contributed by atoms with van der Waals surface area (Å²) >= 11 is 7.78. The van der Waals surface area contributed by atoms with Gasteiger partial charge in [0, 0.05) is 22.1 Å². The molecule has 0 saturated carbocycles. The molecule has 0 atom stereocenters. The second-order valence-corrected chi connectivity index (χ2v) is 6.62. The average molecular weight is 323 g/mol. The lowest BCUT2D eigenvalue weighted by Gasteiger charge is -2.16. The molecule has 5 heteroatoms. The van der Waals surface area contributed by atoms with E-state index in [1.165, 1.54) is 10.4 Å². The van der Waals surface area contributed by atoms with Crippen molar-refractivity contribution in [1.29, 1.82) is 0 Å². The van der Waals surface area contributed by atoms with Gasteiger partial charge in [0.1, 0.15) is 0 Å². The van der Waals surface area contributed by atoms with Crippen molar-refractivity contribution in [3.8, 4) is 0 Å². The van der Waals surface area contributed by atoms with Crippen LogP contribution in [-0.2, 0) is 11.3 Å². The van der Waals surface area contributed by atoms with Gasteiger partial charge >= 0.3 is 0 Å². The number of rotatable bonds is 5. The average Bonchev–Trinajstić information content (AvgIpc) is 2.79. The molecule has 0 aliphatic carbocycles. The number of aryl methyl sites for hydroxylation is 2. The molecule has 2 aromatic rings. The summed E-state index contributed by atoms with van der Waals surface area (Å²) in [5, 5.41) is 5.61. The zero-order valence-corrected chi connectivity index (χ0v) is 14.0. The molecular formula is C16H19ClN2OS. The van der Waals surface area contributed by atoms with Crippen LogP contribution in [0.5, 0.6) is 0 Å². The molecule has 0 saturated heterocycles. The van der Waals surface area contributed by atoms with Gasteiger partial charge in [-0.2, -0.15) is 0 Å². The van der Waals surface area contributed by atoms with E-state index in [9.17, 15) is 4.79 Å². The number of thiophene rings is 1. The highest BCUT2D eigenvalue weighted by molar-refractivity contribution is 7.10. The Morgan fingerprint density at radius 3 is 2.67 bits per heavy atom. The van der Waals surface area contributed by atoms with Gasteiger partial charge in [0.25, 0.3) is 0 Å². The first-order chi connectivity index (χ1) is 9.95. The minimum Gasteiger partial charge on any atom is -0.325 e. The van der Waals surface area contributed by atoms with Gasteiger partial charge in [0.2, 0.25) is 5.91 Å². The van der Waals surface area contributed by atoms with Crippen molar-refractivity contribution in [3.63, 3.8) is 0 Å². The van der Waals surface area contributed by atoms with E-state index >= 15 is 0 Å². The number of benzene rings is 1. The lowest BCUT2D eigenvalue weighted by atomic mass is 10.2. The number of hydrogen-bond acceptors (Lipinski definition) is 3. The third kappa shape index (κ3) is 4.56. The lowest BCUT2D eigenvalue weighted by molar-refractivity contribution is -0.117. The standard InChI is InChI=1S/C16H19ClN2OS/c1-11-4-5-13(8-14(11)17)18-16(20)10-19(3)9-15-12(2)6-7-21-15/h4-8H,9-10H2,1-3H3,(H,18,20). The number of hydrogen-bond donors (Lipinski definition) is 1. The first-order valence-corrected chi connectivity index (χ1v) is 7.99. The fourth-order valence-electron chi connectivity index (χ4n) is 1.98. The number of carbonyl (C=O) groups is 1. The maximum Gasteiger partial charge on any atom is 0.238 e. The van der Waals surface area contributed by atoms with Gasteiger partial charge in [-0.05, 0) is 55.6 Å². The van der Waals surface area contributed by atoms with Crippen LogP contribution in [0.1, 0.15) is 16.0 Å². The Morgan fingerprint density at radius 2 is 2.05 bits per heavy atom. The minimum atomic E-state index is -0.0355. The highest BCUT2D eigenvalue weighted by atomic mass is 35.5.